The second-order valence-electron chi connectivity index (χ2n) is 9.77. The number of piperidine rings is 1. The molecule has 2 aromatic heterocycles. The first-order valence-electron chi connectivity index (χ1n) is 12.2. The van der Waals surface area contributed by atoms with Gasteiger partial charge in [-0.15, -0.1) is 5.10 Å². The van der Waals surface area contributed by atoms with Gasteiger partial charge < -0.3 is 9.72 Å². The van der Waals surface area contributed by atoms with Gasteiger partial charge in [0.05, 0.1) is 13.7 Å². The summed E-state index contributed by atoms with van der Waals surface area (Å²) in [6, 6.07) is 13.8. The Hall–Kier alpha value is -3.52. The Balaban J connectivity index is 1.60. The van der Waals surface area contributed by atoms with Crippen LogP contribution >= 0.6 is 0 Å². The number of H-pyrrole nitrogens is 1. The highest BCUT2D eigenvalue weighted by molar-refractivity contribution is 5.81. The van der Waals surface area contributed by atoms with Gasteiger partial charge >= 0.3 is 0 Å². The Morgan fingerprint density at radius 3 is 2.66 bits per heavy atom. The number of likely N-dealkylation sites (tertiary alicyclic amines) is 1. The van der Waals surface area contributed by atoms with Crippen LogP contribution in [0.5, 0.6) is 5.75 Å². The molecule has 0 saturated carbocycles. The molecule has 35 heavy (non-hydrogen) atoms. The van der Waals surface area contributed by atoms with Gasteiger partial charge in [0.25, 0.3) is 5.56 Å². The van der Waals surface area contributed by atoms with E-state index < -0.39 is 0 Å². The molecule has 3 heterocycles. The number of nitrogens with one attached hydrogen (secondary N) is 1. The fourth-order valence-corrected chi connectivity index (χ4v) is 5.08. The van der Waals surface area contributed by atoms with Gasteiger partial charge in [-0.05, 0) is 102 Å². The number of aromatic amines is 1. The maximum absolute atomic E-state index is 13.5. The van der Waals surface area contributed by atoms with Crippen molar-refractivity contribution >= 4 is 10.9 Å². The number of ether oxygens (including phenoxy) is 1. The van der Waals surface area contributed by atoms with Crippen LogP contribution in [0.1, 0.15) is 53.9 Å². The van der Waals surface area contributed by atoms with Gasteiger partial charge in [0, 0.05) is 17.6 Å². The number of benzene rings is 2. The highest BCUT2D eigenvalue weighted by atomic mass is 16.5. The van der Waals surface area contributed by atoms with Crippen LogP contribution in [-0.4, -0.2) is 50.3 Å². The molecule has 4 aromatic rings. The normalized spacial score (nSPS) is 17.5. The molecule has 0 unspecified atom stereocenters. The number of rotatable bonds is 6. The number of pyridine rings is 1. The van der Waals surface area contributed by atoms with Gasteiger partial charge in [-0.2, -0.15) is 0 Å². The Bertz CT molecular complexity index is 1390. The minimum Gasteiger partial charge on any atom is -0.497 e. The third kappa shape index (κ3) is 4.71. The molecule has 1 saturated heterocycles. The van der Waals surface area contributed by atoms with Crippen molar-refractivity contribution in [2.75, 3.05) is 20.2 Å². The van der Waals surface area contributed by atoms with Gasteiger partial charge in [-0.25, -0.2) is 4.68 Å². The first-order chi connectivity index (χ1) is 16.9. The van der Waals surface area contributed by atoms with E-state index in [-0.39, 0.29) is 11.6 Å². The smallest absolute Gasteiger partial charge is 0.253 e. The molecule has 0 aliphatic carbocycles. The molecule has 1 aliphatic rings. The number of methoxy groups -OCH3 is 1. The molecule has 8 heteroatoms. The van der Waals surface area contributed by atoms with Gasteiger partial charge in [-0.1, -0.05) is 19.1 Å². The summed E-state index contributed by atoms with van der Waals surface area (Å²) in [6.45, 7) is 8.72. The first-order valence-corrected chi connectivity index (χ1v) is 12.2. The summed E-state index contributed by atoms with van der Waals surface area (Å²) in [5, 5.41) is 13.8. The lowest BCUT2D eigenvalue weighted by molar-refractivity contribution is 0.141. The topological polar surface area (TPSA) is 88.9 Å². The summed E-state index contributed by atoms with van der Waals surface area (Å²) in [5.41, 5.74) is 4.85. The van der Waals surface area contributed by atoms with Crippen molar-refractivity contribution in [1.82, 2.24) is 30.1 Å². The minimum atomic E-state index is -0.333. The van der Waals surface area contributed by atoms with E-state index in [4.69, 9.17) is 4.74 Å². The number of fused-ring (bicyclic) bond motifs is 1. The molecule has 8 nitrogen and oxygen atoms in total. The SMILES string of the molecule is COc1ccc(Cn2nnnc2[C@H](c2cc3cc(C)c(C)cc3[nH]c2=O)N2CCC[C@H](C)C2)cc1. The Morgan fingerprint density at radius 2 is 1.91 bits per heavy atom. The van der Waals surface area contributed by atoms with E-state index in [1.165, 1.54) is 12.0 Å². The molecule has 2 atom stereocenters. The van der Waals surface area contributed by atoms with Crippen LogP contribution in [-0.2, 0) is 6.54 Å². The van der Waals surface area contributed by atoms with E-state index in [2.05, 4.69) is 52.2 Å². The van der Waals surface area contributed by atoms with Gasteiger partial charge in [-0.3, -0.25) is 9.69 Å². The lowest BCUT2D eigenvalue weighted by Gasteiger charge is -2.36. The van der Waals surface area contributed by atoms with Crippen LogP contribution in [0.15, 0.2) is 47.3 Å². The lowest BCUT2D eigenvalue weighted by atomic mass is 9.95. The van der Waals surface area contributed by atoms with Crippen LogP contribution in [0.25, 0.3) is 10.9 Å². The van der Waals surface area contributed by atoms with Crippen molar-refractivity contribution < 1.29 is 4.74 Å². The highest BCUT2D eigenvalue weighted by Gasteiger charge is 2.32. The maximum atomic E-state index is 13.5. The van der Waals surface area contributed by atoms with Crippen LogP contribution in [0.2, 0.25) is 0 Å². The number of hydrogen-bond acceptors (Lipinski definition) is 6. The van der Waals surface area contributed by atoms with Crippen molar-refractivity contribution in [2.45, 2.75) is 46.2 Å². The van der Waals surface area contributed by atoms with E-state index in [9.17, 15) is 4.79 Å². The van der Waals surface area contributed by atoms with Crippen molar-refractivity contribution in [3.05, 3.63) is 80.9 Å². The summed E-state index contributed by atoms with van der Waals surface area (Å²) in [5.74, 6) is 2.03. The van der Waals surface area contributed by atoms with E-state index in [1.54, 1.807) is 7.11 Å². The highest BCUT2D eigenvalue weighted by Crippen LogP contribution is 2.31. The Morgan fingerprint density at radius 1 is 1.14 bits per heavy atom. The van der Waals surface area contributed by atoms with Crippen molar-refractivity contribution in [2.24, 2.45) is 5.92 Å². The van der Waals surface area contributed by atoms with E-state index in [0.717, 1.165) is 47.3 Å². The van der Waals surface area contributed by atoms with Crippen LogP contribution in [0.4, 0.5) is 0 Å². The molecule has 0 spiro atoms. The molecule has 182 valence electrons. The van der Waals surface area contributed by atoms with Crippen LogP contribution in [0.3, 0.4) is 0 Å². The summed E-state index contributed by atoms with van der Waals surface area (Å²) in [6.07, 6.45) is 2.27. The summed E-state index contributed by atoms with van der Waals surface area (Å²) < 4.78 is 7.10. The monoisotopic (exact) mass is 472 g/mol. The zero-order valence-corrected chi connectivity index (χ0v) is 20.8. The number of nitrogens with zero attached hydrogens (tertiary/aromatic N) is 5. The molecule has 1 N–H and O–H groups in total. The third-order valence-electron chi connectivity index (χ3n) is 7.13. The number of aryl methyl sites for hydroxylation is 2. The fourth-order valence-electron chi connectivity index (χ4n) is 5.08. The summed E-state index contributed by atoms with van der Waals surface area (Å²) >= 11 is 0. The van der Waals surface area contributed by atoms with Crippen molar-refractivity contribution in [3.8, 4) is 5.75 Å². The predicted octanol–water partition coefficient (Wildman–Crippen LogP) is 4.01. The fraction of sp³-hybridized carbons (Fsp3) is 0.407. The number of hydrogen-bond donors (Lipinski definition) is 1. The van der Waals surface area contributed by atoms with Crippen LogP contribution < -0.4 is 10.3 Å². The van der Waals surface area contributed by atoms with Gasteiger partial charge in [0.1, 0.15) is 11.8 Å². The Labute approximate surface area is 204 Å². The zero-order chi connectivity index (χ0) is 24.5. The van der Waals surface area contributed by atoms with Crippen LogP contribution in [0, 0.1) is 19.8 Å². The average Bonchev–Trinajstić information content (AvgIpc) is 3.29. The average molecular weight is 473 g/mol. The lowest BCUT2D eigenvalue weighted by Crippen LogP contribution is -2.41. The summed E-state index contributed by atoms with van der Waals surface area (Å²) in [7, 11) is 1.66. The van der Waals surface area contributed by atoms with Crippen molar-refractivity contribution in [1.29, 1.82) is 0 Å². The standard InChI is InChI=1S/C27H32N6O2/c1-17-6-5-11-32(15-17)25(23-14-21-12-18(2)19(3)13-24(21)28-27(23)34)26-29-30-31-33(26)16-20-7-9-22(35-4)10-8-20/h7-10,12-14,17,25H,5-6,11,15-16H2,1-4H3,(H,28,34)/t17-,25-/m0/s1. The van der Waals surface area contributed by atoms with E-state index >= 15 is 0 Å². The molecule has 0 radical (unpaired) electrons. The summed E-state index contributed by atoms with van der Waals surface area (Å²) in [4.78, 5) is 18.9. The molecule has 0 amide bonds. The number of tetrazole rings is 1. The first kappa shape index (κ1) is 23.2. The quantitative estimate of drug-likeness (QED) is 0.456. The largest absolute Gasteiger partial charge is 0.497 e. The maximum Gasteiger partial charge on any atom is 0.253 e. The Kier molecular flexibility index (Phi) is 6.38. The molecule has 2 aromatic carbocycles. The van der Waals surface area contributed by atoms with Gasteiger partial charge in [0.15, 0.2) is 5.82 Å². The second-order valence-corrected chi connectivity index (χ2v) is 9.77. The zero-order valence-electron chi connectivity index (χ0n) is 20.8. The van der Waals surface area contributed by atoms with E-state index in [0.29, 0.717) is 23.9 Å². The van der Waals surface area contributed by atoms with Gasteiger partial charge in [0.2, 0.25) is 0 Å². The second kappa shape index (κ2) is 9.62. The third-order valence-corrected chi connectivity index (χ3v) is 7.13. The molecule has 5 rings (SSSR count). The van der Waals surface area contributed by atoms with E-state index in [1.807, 2.05) is 41.1 Å². The molecule has 1 fully saturated rings. The molecule has 0 bridgehead atoms. The number of aromatic nitrogens is 5. The predicted molar refractivity (Wildman–Crippen MR) is 136 cm³/mol. The molecular formula is C27H32N6O2. The molecular weight excluding hydrogens is 440 g/mol. The van der Waals surface area contributed by atoms with Crippen molar-refractivity contribution in [3.63, 3.8) is 0 Å². The minimum absolute atomic E-state index is 0.0945. The molecule has 1 aliphatic heterocycles.